The van der Waals surface area contributed by atoms with Gasteiger partial charge in [-0.2, -0.15) is 8.75 Å². The van der Waals surface area contributed by atoms with Gasteiger partial charge in [0.05, 0.1) is 22.4 Å². The minimum atomic E-state index is 0.0525. The molecule has 94 valence electrons. The summed E-state index contributed by atoms with van der Waals surface area (Å²) >= 11 is 7.48. The Morgan fingerprint density at radius 2 is 2.28 bits per heavy atom. The molecule has 0 N–H and O–H groups in total. The van der Waals surface area contributed by atoms with Gasteiger partial charge in [0, 0.05) is 25.4 Å². The molecule has 0 radical (unpaired) electrons. The standard InChI is InChI=1S/C12H12ClN3OS/c1-7-6-16(5-4-10(7)17)12-8(13)2-3-9-11(12)15-18-14-9/h2-3,7H,4-6H2,1H3. The number of hydrogen-bond acceptors (Lipinski definition) is 5. The van der Waals surface area contributed by atoms with Gasteiger partial charge in [0.15, 0.2) is 0 Å². The van der Waals surface area contributed by atoms with E-state index in [0.717, 1.165) is 16.7 Å². The largest absolute Gasteiger partial charge is 0.367 e. The van der Waals surface area contributed by atoms with Gasteiger partial charge in [0.1, 0.15) is 16.8 Å². The first-order chi connectivity index (χ1) is 8.66. The number of anilines is 1. The van der Waals surface area contributed by atoms with E-state index < -0.39 is 0 Å². The molecule has 0 saturated carbocycles. The fourth-order valence-electron chi connectivity index (χ4n) is 2.33. The van der Waals surface area contributed by atoms with Crippen molar-refractivity contribution in [2.45, 2.75) is 13.3 Å². The predicted octanol–water partition coefficient (Wildman–Crippen LogP) is 2.76. The highest BCUT2D eigenvalue weighted by atomic mass is 35.5. The van der Waals surface area contributed by atoms with E-state index in [2.05, 4.69) is 13.6 Å². The summed E-state index contributed by atoms with van der Waals surface area (Å²) in [7, 11) is 0. The third-order valence-electron chi connectivity index (χ3n) is 3.34. The van der Waals surface area contributed by atoms with E-state index in [9.17, 15) is 4.79 Å². The Morgan fingerprint density at radius 3 is 3.06 bits per heavy atom. The number of Topliss-reactive ketones (excluding diaryl/α,β-unsaturated/α-hetero) is 1. The lowest BCUT2D eigenvalue weighted by atomic mass is 9.98. The fraction of sp³-hybridized carbons (Fsp3) is 0.417. The van der Waals surface area contributed by atoms with Crippen molar-refractivity contribution in [2.24, 2.45) is 5.92 Å². The Kier molecular flexibility index (Phi) is 2.95. The smallest absolute Gasteiger partial charge is 0.139 e. The molecule has 6 heteroatoms. The van der Waals surface area contributed by atoms with Crippen LogP contribution < -0.4 is 4.90 Å². The second kappa shape index (κ2) is 4.48. The van der Waals surface area contributed by atoms with Crippen molar-refractivity contribution in [3.8, 4) is 0 Å². The summed E-state index contributed by atoms with van der Waals surface area (Å²) in [6.45, 7) is 3.37. The lowest BCUT2D eigenvalue weighted by Crippen LogP contribution is -2.39. The van der Waals surface area contributed by atoms with E-state index in [-0.39, 0.29) is 5.92 Å². The van der Waals surface area contributed by atoms with Gasteiger partial charge >= 0.3 is 0 Å². The highest BCUT2D eigenvalue weighted by Crippen LogP contribution is 2.35. The van der Waals surface area contributed by atoms with E-state index in [1.165, 1.54) is 11.7 Å². The lowest BCUT2D eigenvalue weighted by molar-refractivity contribution is -0.122. The number of fused-ring (bicyclic) bond motifs is 1. The summed E-state index contributed by atoms with van der Waals surface area (Å²) in [5.74, 6) is 0.377. The van der Waals surface area contributed by atoms with Crippen LogP contribution in [0.3, 0.4) is 0 Å². The minimum absolute atomic E-state index is 0.0525. The SMILES string of the molecule is CC1CN(c2c(Cl)ccc3nsnc23)CCC1=O. The lowest BCUT2D eigenvalue weighted by Gasteiger charge is -2.32. The summed E-state index contributed by atoms with van der Waals surface area (Å²) in [5.41, 5.74) is 2.63. The van der Waals surface area contributed by atoms with Crippen molar-refractivity contribution in [2.75, 3.05) is 18.0 Å². The minimum Gasteiger partial charge on any atom is -0.367 e. The maximum atomic E-state index is 11.6. The van der Waals surface area contributed by atoms with Crippen LogP contribution in [0.4, 0.5) is 5.69 Å². The van der Waals surface area contributed by atoms with Crippen molar-refractivity contribution < 1.29 is 4.79 Å². The van der Waals surface area contributed by atoms with Gasteiger partial charge in [-0.25, -0.2) is 0 Å². The number of ketones is 1. The van der Waals surface area contributed by atoms with Gasteiger partial charge in [-0.3, -0.25) is 4.79 Å². The van der Waals surface area contributed by atoms with Crippen LogP contribution in [0.5, 0.6) is 0 Å². The number of nitrogens with zero attached hydrogens (tertiary/aromatic N) is 3. The van der Waals surface area contributed by atoms with Crippen molar-refractivity contribution in [1.82, 2.24) is 8.75 Å². The average Bonchev–Trinajstić information content (AvgIpc) is 2.81. The van der Waals surface area contributed by atoms with E-state index >= 15 is 0 Å². The number of benzene rings is 1. The molecule has 2 heterocycles. The van der Waals surface area contributed by atoms with Crippen molar-refractivity contribution >= 4 is 45.8 Å². The molecule has 1 aliphatic rings. The number of aromatic nitrogens is 2. The molecule has 4 nitrogen and oxygen atoms in total. The number of carbonyl (C=O) groups is 1. The molecular weight excluding hydrogens is 270 g/mol. The Morgan fingerprint density at radius 1 is 1.44 bits per heavy atom. The maximum Gasteiger partial charge on any atom is 0.139 e. The molecule has 1 unspecified atom stereocenters. The van der Waals surface area contributed by atoms with Crippen molar-refractivity contribution in [3.05, 3.63) is 17.2 Å². The fourth-order valence-corrected chi connectivity index (χ4v) is 3.14. The zero-order valence-corrected chi connectivity index (χ0v) is 11.5. The number of rotatable bonds is 1. The Balaban J connectivity index is 2.06. The molecule has 1 aromatic heterocycles. The number of halogens is 1. The molecule has 18 heavy (non-hydrogen) atoms. The Hall–Kier alpha value is -1.20. The normalized spacial score (nSPS) is 20.7. The molecule has 0 aliphatic carbocycles. The van der Waals surface area contributed by atoms with Crippen LogP contribution in [0.1, 0.15) is 13.3 Å². The molecule has 1 fully saturated rings. The summed E-state index contributed by atoms with van der Waals surface area (Å²) in [4.78, 5) is 13.7. The summed E-state index contributed by atoms with van der Waals surface area (Å²) in [6, 6.07) is 3.73. The van der Waals surface area contributed by atoms with E-state index in [1.54, 1.807) is 0 Å². The van der Waals surface area contributed by atoms with Crippen LogP contribution in [-0.4, -0.2) is 27.6 Å². The first kappa shape index (κ1) is 11.9. The average molecular weight is 282 g/mol. The van der Waals surface area contributed by atoms with Gasteiger partial charge in [0.25, 0.3) is 0 Å². The molecule has 1 aliphatic heterocycles. The van der Waals surface area contributed by atoms with Crippen LogP contribution in [0.2, 0.25) is 5.02 Å². The van der Waals surface area contributed by atoms with Crippen LogP contribution in [0.25, 0.3) is 11.0 Å². The summed E-state index contributed by atoms with van der Waals surface area (Å²) < 4.78 is 8.55. The van der Waals surface area contributed by atoms with E-state index in [0.29, 0.717) is 30.3 Å². The monoisotopic (exact) mass is 281 g/mol. The first-order valence-corrected chi connectivity index (χ1v) is 6.96. The van der Waals surface area contributed by atoms with Crippen LogP contribution in [0, 0.1) is 5.92 Å². The second-order valence-electron chi connectivity index (χ2n) is 4.59. The number of piperidine rings is 1. The molecule has 2 aromatic rings. The van der Waals surface area contributed by atoms with E-state index in [4.69, 9.17) is 11.6 Å². The molecular formula is C12H12ClN3OS. The highest BCUT2D eigenvalue weighted by Gasteiger charge is 2.26. The molecule has 1 atom stereocenters. The molecule has 0 spiro atoms. The maximum absolute atomic E-state index is 11.6. The van der Waals surface area contributed by atoms with Crippen LogP contribution >= 0.6 is 23.3 Å². The Bertz CT molecular complexity index is 612. The van der Waals surface area contributed by atoms with Gasteiger partial charge in [-0.15, -0.1) is 0 Å². The summed E-state index contributed by atoms with van der Waals surface area (Å²) in [5, 5.41) is 0.678. The topological polar surface area (TPSA) is 46.1 Å². The molecule has 0 amide bonds. The van der Waals surface area contributed by atoms with Crippen molar-refractivity contribution in [1.29, 1.82) is 0 Å². The van der Waals surface area contributed by atoms with Crippen LogP contribution in [-0.2, 0) is 4.79 Å². The summed E-state index contributed by atoms with van der Waals surface area (Å²) in [6.07, 6.45) is 0.575. The first-order valence-electron chi connectivity index (χ1n) is 5.85. The predicted molar refractivity (Wildman–Crippen MR) is 73.4 cm³/mol. The van der Waals surface area contributed by atoms with Crippen molar-refractivity contribution in [3.63, 3.8) is 0 Å². The van der Waals surface area contributed by atoms with Gasteiger partial charge in [-0.05, 0) is 12.1 Å². The molecule has 3 rings (SSSR count). The zero-order valence-electron chi connectivity index (χ0n) is 9.89. The Labute approximate surface area is 114 Å². The third kappa shape index (κ3) is 1.87. The molecule has 1 aromatic carbocycles. The van der Waals surface area contributed by atoms with Crippen LogP contribution in [0.15, 0.2) is 12.1 Å². The van der Waals surface area contributed by atoms with Gasteiger partial charge < -0.3 is 4.90 Å². The zero-order chi connectivity index (χ0) is 12.7. The molecule has 1 saturated heterocycles. The highest BCUT2D eigenvalue weighted by molar-refractivity contribution is 7.00. The number of hydrogen-bond donors (Lipinski definition) is 0. The van der Waals surface area contributed by atoms with Gasteiger partial charge in [-0.1, -0.05) is 18.5 Å². The third-order valence-corrected chi connectivity index (χ3v) is 4.19. The molecule has 0 bridgehead atoms. The van der Waals surface area contributed by atoms with Gasteiger partial charge in [0.2, 0.25) is 0 Å². The van der Waals surface area contributed by atoms with E-state index in [1.807, 2.05) is 19.1 Å². The second-order valence-corrected chi connectivity index (χ2v) is 5.53. The quantitative estimate of drug-likeness (QED) is 0.806. The number of carbonyl (C=O) groups excluding carboxylic acids is 1.